The second kappa shape index (κ2) is 5.28. The normalized spacial score (nSPS) is 17.2. The van der Waals surface area contributed by atoms with Crippen LogP contribution >= 0.6 is 11.6 Å². The molecule has 0 amide bonds. The zero-order valence-electron chi connectivity index (χ0n) is 10.8. The lowest BCUT2D eigenvalue weighted by Crippen LogP contribution is -2.27. The summed E-state index contributed by atoms with van der Waals surface area (Å²) in [4.78, 5) is 0. The number of hydrogen-bond acceptors (Lipinski definition) is 2. The van der Waals surface area contributed by atoms with E-state index in [0.717, 1.165) is 29.4 Å². The Morgan fingerprint density at radius 2 is 1.88 bits per heavy atom. The number of benzene rings is 1. The number of nitrogens with one attached hydrogen (secondary N) is 1. The summed E-state index contributed by atoms with van der Waals surface area (Å²) in [7, 11) is 1.72. The summed E-state index contributed by atoms with van der Waals surface area (Å²) in [5.41, 5.74) is 3.66. The highest BCUT2D eigenvalue weighted by Gasteiger charge is 2.21. The van der Waals surface area contributed by atoms with Crippen LogP contribution in [-0.4, -0.2) is 20.2 Å². The van der Waals surface area contributed by atoms with Crippen LogP contribution in [0.15, 0.2) is 6.07 Å². The maximum absolute atomic E-state index is 6.29. The first kappa shape index (κ1) is 12.7. The molecule has 3 heteroatoms. The van der Waals surface area contributed by atoms with Gasteiger partial charge in [0.05, 0.1) is 7.11 Å². The van der Waals surface area contributed by atoms with Crippen LogP contribution in [0, 0.1) is 13.8 Å². The molecule has 1 N–H and O–H groups in total. The monoisotopic (exact) mass is 253 g/mol. The van der Waals surface area contributed by atoms with Gasteiger partial charge in [-0.25, -0.2) is 0 Å². The maximum Gasteiger partial charge on any atom is 0.126 e. The molecule has 2 nitrogen and oxygen atoms in total. The third-order valence-electron chi connectivity index (χ3n) is 3.74. The Hall–Kier alpha value is -0.730. The first-order valence-electron chi connectivity index (χ1n) is 6.19. The summed E-state index contributed by atoms with van der Waals surface area (Å²) in [6.07, 6.45) is 2.37. The van der Waals surface area contributed by atoms with Crippen molar-refractivity contribution in [3.8, 4) is 5.75 Å². The Labute approximate surface area is 108 Å². The summed E-state index contributed by atoms with van der Waals surface area (Å²) in [5.74, 6) is 1.56. The summed E-state index contributed by atoms with van der Waals surface area (Å²) in [6, 6.07) is 2.13. The standard InChI is InChI=1S/C14H20ClNO/c1-9-12(11-4-6-16-7-5-11)8-13(15)10(2)14(9)17-3/h8,11,16H,4-7H2,1-3H3. The summed E-state index contributed by atoms with van der Waals surface area (Å²) < 4.78 is 5.49. The van der Waals surface area contributed by atoms with Gasteiger partial charge in [-0.05, 0) is 62.9 Å². The highest BCUT2D eigenvalue weighted by atomic mass is 35.5. The van der Waals surface area contributed by atoms with Crippen LogP contribution in [0.25, 0.3) is 0 Å². The molecule has 1 aliphatic heterocycles. The van der Waals surface area contributed by atoms with Crippen molar-refractivity contribution < 1.29 is 4.74 Å². The summed E-state index contributed by atoms with van der Waals surface area (Å²) >= 11 is 6.29. The first-order chi connectivity index (χ1) is 8.15. The molecule has 0 unspecified atom stereocenters. The average Bonchev–Trinajstić information content (AvgIpc) is 2.36. The minimum atomic E-state index is 0.614. The second-order valence-corrected chi connectivity index (χ2v) is 5.16. The van der Waals surface area contributed by atoms with Crippen molar-refractivity contribution in [3.05, 3.63) is 27.8 Å². The molecule has 1 aliphatic rings. The van der Waals surface area contributed by atoms with E-state index in [0.29, 0.717) is 5.92 Å². The van der Waals surface area contributed by atoms with E-state index in [1.54, 1.807) is 7.11 Å². The highest BCUT2D eigenvalue weighted by molar-refractivity contribution is 6.31. The lowest BCUT2D eigenvalue weighted by atomic mass is 9.86. The fourth-order valence-electron chi connectivity index (χ4n) is 2.74. The number of rotatable bonds is 2. The van der Waals surface area contributed by atoms with E-state index in [2.05, 4.69) is 18.3 Å². The van der Waals surface area contributed by atoms with Gasteiger partial charge in [-0.15, -0.1) is 0 Å². The second-order valence-electron chi connectivity index (χ2n) is 4.76. The average molecular weight is 254 g/mol. The third kappa shape index (κ3) is 2.43. The predicted molar refractivity (Wildman–Crippen MR) is 72.3 cm³/mol. The molecule has 0 spiro atoms. The minimum Gasteiger partial charge on any atom is -0.496 e. The van der Waals surface area contributed by atoms with E-state index < -0.39 is 0 Å². The van der Waals surface area contributed by atoms with Gasteiger partial charge < -0.3 is 10.1 Å². The number of ether oxygens (including phenoxy) is 1. The van der Waals surface area contributed by atoms with E-state index in [9.17, 15) is 0 Å². The molecule has 0 aromatic heterocycles. The molecule has 0 bridgehead atoms. The zero-order valence-corrected chi connectivity index (χ0v) is 11.5. The van der Waals surface area contributed by atoms with Gasteiger partial charge in [0.2, 0.25) is 0 Å². The van der Waals surface area contributed by atoms with Crippen molar-refractivity contribution in [2.45, 2.75) is 32.6 Å². The largest absolute Gasteiger partial charge is 0.496 e. The molecule has 0 radical (unpaired) electrons. The fourth-order valence-corrected chi connectivity index (χ4v) is 2.94. The van der Waals surface area contributed by atoms with Crippen molar-refractivity contribution in [2.24, 2.45) is 0 Å². The highest BCUT2D eigenvalue weighted by Crippen LogP contribution is 2.38. The van der Waals surface area contributed by atoms with Crippen LogP contribution < -0.4 is 10.1 Å². The number of piperidine rings is 1. The lowest BCUT2D eigenvalue weighted by molar-refractivity contribution is 0.404. The molecule has 17 heavy (non-hydrogen) atoms. The smallest absolute Gasteiger partial charge is 0.126 e. The van der Waals surface area contributed by atoms with Crippen LogP contribution in [0.4, 0.5) is 0 Å². The first-order valence-corrected chi connectivity index (χ1v) is 6.57. The molecular weight excluding hydrogens is 234 g/mol. The predicted octanol–water partition coefficient (Wildman–Crippen LogP) is 3.43. The van der Waals surface area contributed by atoms with E-state index in [-0.39, 0.29) is 0 Å². The minimum absolute atomic E-state index is 0.614. The Kier molecular flexibility index (Phi) is 3.95. The maximum atomic E-state index is 6.29. The Morgan fingerprint density at radius 1 is 1.24 bits per heavy atom. The van der Waals surface area contributed by atoms with Gasteiger partial charge in [-0.3, -0.25) is 0 Å². The van der Waals surface area contributed by atoms with Crippen molar-refractivity contribution in [1.82, 2.24) is 5.32 Å². The van der Waals surface area contributed by atoms with E-state index >= 15 is 0 Å². The van der Waals surface area contributed by atoms with Gasteiger partial charge in [0.1, 0.15) is 5.75 Å². The molecule has 0 aliphatic carbocycles. The Bertz CT molecular complexity index is 411. The third-order valence-corrected chi connectivity index (χ3v) is 4.13. The van der Waals surface area contributed by atoms with Gasteiger partial charge >= 0.3 is 0 Å². The molecule has 1 saturated heterocycles. The quantitative estimate of drug-likeness (QED) is 0.872. The molecule has 2 rings (SSSR count). The number of methoxy groups -OCH3 is 1. The summed E-state index contributed by atoms with van der Waals surface area (Å²) in [6.45, 7) is 6.34. The molecule has 1 aromatic rings. The van der Waals surface area contributed by atoms with Crippen LogP contribution in [0.5, 0.6) is 5.75 Å². The topological polar surface area (TPSA) is 21.3 Å². The Morgan fingerprint density at radius 3 is 2.47 bits per heavy atom. The molecule has 1 heterocycles. The lowest BCUT2D eigenvalue weighted by Gasteiger charge is -2.26. The molecule has 1 aromatic carbocycles. The molecule has 94 valence electrons. The molecule has 1 fully saturated rings. The Balaban J connectivity index is 2.42. The van der Waals surface area contributed by atoms with E-state index in [1.165, 1.54) is 24.0 Å². The van der Waals surface area contributed by atoms with Crippen LogP contribution in [0.3, 0.4) is 0 Å². The molecule has 0 atom stereocenters. The van der Waals surface area contributed by atoms with Gasteiger partial charge in [0, 0.05) is 10.6 Å². The van der Waals surface area contributed by atoms with Gasteiger partial charge in [0.15, 0.2) is 0 Å². The van der Waals surface area contributed by atoms with Crippen LogP contribution in [0.1, 0.15) is 35.4 Å². The van der Waals surface area contributed by atoms with Crippen molar-refractivity contribution in [2.75, 3.05) is 20.2 Å². The van der Waals surface area contributed by atoms with E-state index in [1.807, 2.05) is 6.92 Å². The molecule has 0 saturated carbocycles. The van der Waals surface area contributed by atoms with Crippen molar-refractivity contribution in [1.29, 1.82) is 0 Å². The SMILES string of the molecule is COc1c(C)c(Cl)cc(C2CCNCC2)c1C. The summed E-state index contributed by atoms with van der Waals surface area (Å²) in [5, 5.41) is 4.21. The molecular formula is C14H20ClNO. The van der Waals surface area contributed by atoms with Crippen molar-refractivity contribution in [3.63, 3.8) is 0 Å². The number of hydrogen-bond donors (Lipinski definition) is 1. The number of halogens is 1. The van der Waals surface area contributed by atoms with Crippen LogP contribution in [-0.2, 0) is 0 Å². The van der Waals surface area contributed by atoms with Crippen LogP contribution in [0.2, 0.25) is 5.02 Å². The van der Waals surface area contributed by atoms with Gasteiger partial charge in [-0.1, -0.05) is 11.6 Å². The van der Waals surface area contributed by atoms with Gasteiger partial charge in [0.25, 0.3) is 0 Å². The zero-order chi connectivity index (χ0) is 12.4. The fraction of sp³-hybridized carbons (Fsp3) is 0.571. The van der Waals surface area contributed by atoms with E-state index in [4.69, 9.17) is 16.3 Å². The van der Waals surface area contributed by atoms with Crippen molar-refractivity contribution >= 4 is 11.6 Å². The van der Waals surface area contributed by atoms with Gasteiger partial charge in [-0.2, -0.15) is 0 Å².